The van der Waals surface area contributed by atoms with E-state index in [2.05, 4.69) is 5.32 Å². The van der Waals surface area contributed by atoms with Gasteiger partial charge in [-0.25, -0.2) is 12.8 Å². The molecule has 2 rings (SSSR count). The zero-order chi connectivity index (χ0) is 24.8. The summed E-state index contributed by atoms with van der Waals surface area (Å²) in [7, 11) is -3.84. The second-order valence-electron chi connectivity index (χ2n) is 8.51. The number of rotatable bonds is 10. The molecular formula is C24H32FN3O4S. The molecule has 0 aromatic heterocycles. The molecule has 1 N–H and O–H groups in total. The lowest BCUT2D eigenvalue weighted by Crippen LogP contribution is -2.51. The van der Waals surface area contributed by atoms with E-state index in [0.717, 1.165) is 33.8 Å². The van der Waals surface area contributed by atoms with Crippen molar-refractivity contribution >= 4 is 27.5 Å². The van der Waals surface area contributed by atoms with E-state index in [0.29, 0.717) is 6.54 Å². The van der Waals surface area contributed by atoms with Gasteiger partial charge in [-0.3, -0.25) is 13.9 Å². The Hall–Kier alpha value is -2.94. The van der Waals surface area contributed by atoms with Gasteiger partial charge in [-0.05, 0) is 55.2 Å². The molecule has 0 aliphatic heterocycles. The highest BCUT2D eigenvalue weighted by atomic mass is 32.2. The van der Waals surface area contributed by atoms with Gasteiger partial charge < -0.3 is 10.2 Å². The Morgan fingerprint density at radius 2 is 1.64 bits per heavy atom. The molecule has 0 saturated heterocycles. The minimum absolute atomic E-state index is 0.142. The number of aryl methyl sites for hydroxylation is 1. The smallest absolute Gasteiger partial charge is 0.244 e. The molecule has 1 atom stereocenters. The third kappa shape index (κ3) is 7.56. The highest BCUT2D eigenvalue weighted by molar-refractivity contribution is 7.92. The van der Waals surface area contributed by atoms with Gasteiger partial charge in [-0.15, -0.1) is 0 Å². The zero-order valence-corrected chi connectivity index (χ0v) is 20.5. The Morgan fingerprint density at radius 3 is 2.18 bits per heavy atom. The molecule has 180 valence electrons. The molecule has 2 aromatic carbocycles. The van der Waals surface area contributed by atoms with Crippen LogP contribution in [0, 0.1) is 18.7 Å². The van der Waals surface area contributed by atoms with E-state index in [1.807, 2.05) is 45.0 Å². The van der Waals surface area contributed by atoms with Crippen molar-refractivity contribution < 1.29 is 22.4 Å². The number of nitrogens with one attached hydrogen (secondary N) is 1. The van der Waals surface area contributed by atoms with E-state index in [9.17, 15) is 22.4 Å². The van der Waals surface area contributed by atoms with E-state index in [1.54, 1.807) is 6.92 Å². The number of amides is 2. The van der Waals surface area contributed by atoms with Gasteiger partial charge in [0.2, 0.25) is 21.8 Å². The molecule has 0 heterocycles. The average Bonchev–Trinajstić information content (AvgIpc) is 2.74. The molecule has 0 aliphatic carbocycles. The third-order valence-electron chi connectivity index (χ3n) is 5.25. The van der Waals surface area contributed by atoms with Crippen molar-refractivity contribution in [1.29, 1.82) is 0 Å². The molecule has 2 amide bonds. The second kappa shape index (κ2) is 11.3. The highest BCUT2D eigenvalue weighted by Crippen LogP contribution is 2.20. The number of carbonyl (C=O) groups is 2. The molecule has 0 bridgehead atoms. The first-order chi connectivity index (χ1) is 15.4. The fourth-order valence-electron chi connectivity index (χ4n) is 3.23. The lowest BCUT2D eigenvalue weighted by atomic mass is 10.1. The number of halogens is 1. The molecule has 1 unspecified atom stereocenters. The van der Waals surface area contributed by atoms with Crippen LogP contribution in [0.5, 0.6) is 0 Å². The number of hydrogen-bond acceptors (Lipinski definition) is 4. The molecule has 0 fully saturated rings. The molecular weight excluding hydrogens is 445 g/mol. The molecule has 0 aliphatic rings. The normalized spacial score (nSPS) is 12.3. The lowest BCUT2D eigenvalue weighted by Gasteiger charge is -2.32. The van der Waals surface area contributed by atoms with Crippen LogP contribution in [0.1, 0.15) is 31.9 Å². The van der Waals surface area contributed by atoms with Gasteiger partial charge in [0.15, 0.2) is 0 Å². The Labute approximate surface area is 195 Å². The SMILES string of the molecule is Cc1ccccc1CN(C(=O)CN(c1ccc(F)cc1)S(C)(=O)=O)C(C)C(=O)NCC(C)C. The second-order valence-corrected chi connectivity index (χ2v) is 10.4. The molecule has 33 heavy (non-hydrogen) atoms. The van der Waals surface area contributed by atoms with Crippen LogP contribution >= 0.6 is 0 Å². The van der Waals surface area contributed by atoms with Crippen molar-refractivity contribution in [1.82, 2.24) is 10.2 Å². The first-order valence-corrected chi connectivity index (χ1v) is 12.6. The largest absolute Gasteiger partial charge is 0.354 e. The predicted molar refractivity (Wildman–Crippen MR) is 128 cm³/mol. The van der Waals surface area contributed by atoms with Crippen molar-refractivity contribution in [2.24, 2.45) is 5.92 Å². The van der Waals surface area contributed by atoms with Gasteiger partial charge >= 0.3 is 0 Å². The minimum atomic E-state index is -3.84. The topological polar surface area (TPSA) is 86.8 Å². The van der Waals surface area contributed by atoms with Crippen LogP contribution in [0.25, 0.3) is 0 Å². The molecule has 0 radical (unpaired) electrons. The van der Waals surface area contributed by atoms with Crippen LogP contribution in [0.2, 0.25) is 0 Å². The number of hydrogen-bond donors (Lipinski definition) is 1. The van der Waals surface area contributed by atoms with E-state index < -0.39 is 34.3 Å². The number of carbonyl (C=O) groups excluding carboxylic acids is 2. The van der Waals surface area contributed by atoms with E-state index >= 15 is 0 Å². The third-order valence-corrected chi connectivity index (χ3v) is 6.39. The summed E-state index contributed by atoms with van der Waals surface area (Å²) in [6, 6.07) is 11.5. The Kier molecular flexibility index (Phi) is 8.99. The summed E-state index contributed by atoms with van der Waals surface area (Å²) >= 11 is 0. The van der Waals surface area contributed by atoms with Gasteiger partial charge in [-0.1, -0.05) is 38.1 Å². The summed E-state index contributed by atoms with van der Waals surface area (Å²) in [5.41, 5.74) is 1.96. The Balaban J connectivity index is 2.36. The van der Waals surface area contributed by atoms with Crippen LogP contribution in [0.4, 0.5) is 10.1 Å². The van der Waals surface area contributed by atoms with Crippen molar-refractivity contribution in [3.63, 3.8) is 0 Å². The van der Waals surface area contributed by atoms with Gasteiger partial charge in [0.25, 0.3) is 0 Å². The van der Waals surface area contributed by atoms with Gasteiger partial charge in [0, 0.05) is 13.1 Å². The fraction of sp³-hybridized carbons (Fsp3) is 0.417. The maximum Gasteiger partial charge on any atom is 0.244 e. The quantitative estimate of drug-likeness (QED) is 0.570. The molecule has 9 heteroatoms. The number of sulfonamides is 1. The van der Waals surface area contributed by atoms with Crippen molar-refractivity contribution in [3.05, 3.63) is 65.5 Å². The zero-order valence-electron chi connectivity index (χ0n) is 19.7. The first kappa shape index (κ1) is 26.3. The summed E-state index contributed by atoms with van der Waals surface area (Å²) in [5, 5.41) is 2.83. The van der Waals surface area contributed by atoms with E-state index in [1.165, 1.54) is 17.0 Å². The summed E-state index contributed by atoms with van der Waals surface area (Å²) in [6.45, 7) is 7.54. The Morgan fingerprint density at radius 1 is 1.03 bits per heavy atom. The summed E-state index contributed by atoms with van der Waals surface area (Å²) in [6.07, 6.45) is 0.980. The van der Waals surface area contributed by atoms with Crippen molar-refractivity contribution in [3.8, 4) is 0 Å². The maximum absolute atomic E-state index is 13.4. The van der Waals surface area contributed by atoms with Crippen LogP contribution in [0.15, 0.2) is 48.5 Å². The van der Waals surface area contributed by atoms with E-state index in [4.69, 9.17) is 0 Å². The maximum atomic E-state index is 13.4. The first-order valence-electron chi connectivity index (χ1n) is 10.7. The monoisotopic (exact) mass is 477 g/mol. The van der Waals surface area contributed by atoms with Gasteiger partial charge in [0.1, 0.15) is 18.4 Å². The molecule has 0 spiro atoms. The van der Waals surface area contributed by atoms with Crippen molar-refractivity contribution in [2.75, 3.05) is 23.7 Å². The van der Waals surface area contributed by atoms with Crippen molar-refractivity contribution in [2.45, 2.75) is 40.3 Å². The van der Waals surface area contributed by atoms with Gasteiger partial charge in [0.05, 0.1) is 11.9 Å². The summed E-state index contributed by atoms with van der Waals surface area (Å²) < 4.78 is 39.2. The van der Waals surface area contributed by atoms with Crippen LogP contribution in [-0.4, -0.2) is 50.5 Å². The Bertz CT molecular complexity index is 1070. The molecule has 7 nitrogen and oxygen atoms in total. The predicted octanol–water partition coefficient (Wildman–Crippen LogP) is 3.09. The van der Waals surface area contributed by atoms with E-state index in [-0.39, 0.29) is 24.1 Å². The highest BCUT2D eigenvalue weighted by Gasteiger charge is 2.30. The molecule has 2 aromatic rings. The minimum Gasteiger partial charge on any atom is -0.354 e. The summed E-state index contributed by atoms with van der Waals surface area (Å²) in [4.78, 5) is 27.6. The lowest BCUT2D eigenvalue weighted by molar-refractivity contribution is -0.139. The molecule has 0 saturated carbocycles. The van der Waals surface area contributed by atoms with Crippen LogP contribution < -0.4 is 9.62 Å². The summed E-state index contributed by atoms with van der Waals surface area (Å²) in [5.74, 6) is -1.14. The standard InChI is InChI=1S/C24H32FN3O4S/c1-17(2)14-26-24(30)19(4)27(15-20-9-7-6-8-18(20)3)23(29)16-28(33(5,31)32)22-12-10-21(25)11-13-22/h6-13,17,19H,14-16H2,1-5H3,(H,26,30). The fourth-order valence-corrected chi connectivity index (χ4v) is 4.08. The number of benzene rings is 2. The van der Waals surface area contributed by atoms with Gasteiger partial charge in [-0.2, -0.15) is 0 Å². The number of nitrogens with zero attached hydrogens (tertiary/aromatic N) is 2. The van der Waals surface area contributed by atoms with Crippen LogP contribution in [-0.2, 0) is 26.2 Å². The number of anilines is 1. The van der Waals surface area contributed by atoms with Crippen LogP contribution in [0.3, 0.4) is 0 Å². The average molecular weight is 478 g/mol.